The van der Waals surface area contributed by atoms with E-state index < -0.39 is 12.1 Å². The first kappa shape index (κ1) is 21.2. The van der Waals surface area contributed by atoms with Gasteiger partial charge in [0, 0.05) is 18.3 Å². The molecule has 27 heavy (non-hydrogen) atoms. The van der Waals surface area contributed by atoms with Crippen molar-refractivity contribution in [1.29, 1.82) is 0 Å². The summed E-state index contributed by atoms with van der Waals surface area (Å²) in [4.78, 5) is 49.9. The van der Waals surface area contributed by atoms with Crippen molar-refractivity contribution in [3.8, 4) is 0 Å². The summed E-state index contributed by atoms with van der Waals surface area (Å²) in [7, 11) is 0. The molecule has 2 heterocycles. The van der Waals surface area contributed by atoms with Crippen LogP contribution in [0.25, 0.3) is 0 Å². The van der Waals surface area contributed by atoms with Crippen LogP contribution in [0.2, 0.25) is 0 Å². The van der Waals surface area contributed by atoms with Gasteiger partial charge in [0.15, 0.2) is 5.12 Å². The van der Waals surface area contributed by atoms with Crippen LogP contribution in [-0.4, -0.2) is 53.5 Å². The van der Waals surface area contributed by atoms with E-state index >= 15 is 0 Å². The molecule has 1 aromatic rings. The zero-order valence-electron chi connectivity index (χ0n) is 15.5. The lowest BCUT2D eigenvalue weighted by atomic mass is 10.0. The highest BCUT2D eigenvalue weighted by Crippen LogP contribution is 2.38. The van der Waals surface area contributed by atoms with Gasteiger partial charge in [0.25, 0.3) is 0 Å². The molecule has 2 rings (SSSR count). The molecule has 1 N–H and O–H groups in total. The predicted molar refractivity (Wildman–Crippen MR) is 103 cm³/mol. The van der Waals surface area contributed by atoms with E-state index in [9.17, 15) is 19.2 Å². The molecular formula is C17H22N2O6S2. The highest BCUT2D eigenvalue weighted by Gasteiger charge is 2.31. The Bertz CT molecular complexity index is 746. The van der Waals surface area contributed by atoms with Crippen LogP contribution in [0.15, 0.2) is 0 Å². The molecule has 2 amide bonds. The maximum atomic E-state index is 12.4. The van der Waals surface area contributed by atoms with Crippen LogP contribution in [0, 0.1) is 0 Å². The Hall–Kier alpha value is -2.07. The third kappa shape index (κ3) is 5.46. The van der Waals surface area contributed by atoms with E-state index in [1.54, 1.807) is 18.7 Å². The number of nitrogens with one attached hydrogen (secondary N) is 1. The molecule has 148 valence electrons. The van der Waals surface area contributed by atoms with Gasteiger partial charge in [-0.3, -0.25) is 9.59 Å². The lowest BCUT2D eigenvalue weighted by Crippen LogP contribution is -2.36. The Kier molecular flexibility index (Phi) is 7.66. The minimum atomic E-state index is -0.505. The molecule has 0 atom stereocenters. The van der Waals surface area contributed by atoms with Gasteiger partial charge < -0.3 is 19.7 Å². The molecule has 1 aromatic heterocycles. The fourth-order valence-electron chi connectivity index (χ4n) is 2.61. The first-order valence-corrected chi connectivity index (χ1v) is 10.3. The molecule has 10 heteroatoms. The predicted octanol–water partition coefficient (Wildman–Crippen LogP) is 2.66. The molecule has 0 saturated carbocycles. The number of rotatable bonds is 6. The normalized spacial score (nSPS) is 12.9. The number of carbonyl (C=O) groups excluding carboxylic acids is 4. The standard InChI is InChI=1S/C17H22N2O6S2/c1-4-24-16(22)14-11-6-7-19(17(23)25-5-2)8-12(11)27-15(14)18-13(21)9-26-10(3)20/h4-9H2,1-3H3,(H,18,21). The molecule has 8 nitrogen and oxygen atoms in total. The maximum absolute atomic E-state index is 12.4. The van der Waals surface area contributed by atoms with Gasteiger partial charge in [0.1, 0.15) is 5.00 Å². The summed E-state index contributed by atoms with van der Waals surface area (Å²) in [6.45, 7) is 6.06. The van der Waals surface area contributed by atoms with E-state index in [0.29, 0.717) is 30.1 Å². The van der Waals surface area contributed by atoms with Crippen LogP contribution in [0.1, 0.15) is 41.6 Å². The van der Waals surface area contributed by atoms with Gasteiger partial charge in [-0.05, 0) is 25.8 Å². The van der Waals surface area contributed by atoms with Crippen molar-refractivity contribution in [3.05, 3.63) is 16.0 Å². The average Bonchev–Trinajstić information content (AvgIpc) is 2.97. The molecule has 0 spiro atoms. The summed E-state index contributed by atoms with van der Waals surface area (Å²) >= 11 is 2.14. The molecule has 0 aliphatic carbocycles. The smallest absolute Gasteiger partial charge is 0.410 e. The molecule has 0 saturated heterocycles. The largest absolute Gasteiger partial charge is 0.462 e. The Labute approximate surface area is 165 Å². The number of hydrogen-bond donors (Lipinski definition) is 1. The number of nitrogens with zero attached hydrogens (tertiary/aromatic N) is 1. The van der Waals surface area contributed by atoms with E-state index in [4.69, 9.17) is 9.47 Å². The Morgan fingerprint density at radius 1 is 1.19 bits per heavy atom. The van der Waals surface area contributed by atoms with Gasteiger partial charge >= 0.3 is 12.1 Å². The van der Waals surface area contributed by atoms with Gasteiger partial charge in [0.05, 0.1) is 31.1 Å². The molecule has 0 unspecified atom stereocenters. The molecule has 0 fully saturated rings. The summed E-state index contributed by atoms with van der Waals surface area (Å²) in [5, 5.41) is 2.93. The van der Waals surface area contributed by atoms with Gasteiger partial charge in [0.2, 0.25) is 5.91 Å². The average molecular weight is 415 g/mol. The van der Waals surface area contributed by atoms with Crippen LogP contribution < -0.4 is 5.32 Å². The van der Waals surface area contributed by atoms with E-state index in [0.717, 1.165) is 22.2 Å². The third-order valence-corrected chi connectivity index (χ3v) is 5.67. The van der Waals surface area contributed by atoms with Gasteiger partial charge in [-0.25, -0.2) is 9.59 Å². The van der Waals surface area contributed by atoms with Crippen LogP contribution >= 0.6 is 23.1 Å². The van der Waals surface area contributed by atoms with Crippen LogP contribution in [0.3, 0.4) is 0 Å². The molecule has 1 aliphatic rings. The van der Waals surface area contributed by atoms with Crippen molar-refractivity contribution in [3.63, 3.8) is 0 Å². The van der Waals surface area contributed by atoms with E-state index in [1.165, 1.54) is 18.3 Å². The molecule has 0 aromatic carbocycles. The number of esters is 1. The second kappa shape index (κ2) is 9.75. The first-order chi connectivity index (χ1) is 12.9. The Balaban J connectivity index is 2.26. The number of fused-ring (bicyclic) bond motifs is 1. The van der Waals surface area contributed by atoms with Crippen molar-refractivity contribution in [2.45, 2.75) is 33.7 Å². The number of ether oxygens (including phenoxy) is 2. The van der Waals surface area contributed by atoms with Crippen molar-refractivity contribution in [1.82, 2.24) is 4.90 Å². The zero-order chi connectivity index (χ0) is 20.0. The van der Waals surface area contributed by atoms with Crippen molar-refractivity contribution >= 4 is 51.2 Å². The summed E-state index contributed by atoms with van der Waals surface area (Å²) in [6, 6.07) is 0. The Morgan fingerprint density at radius 2 is 1.89 bits per heavy atom. The topological polar surface area (TPSA) is 102 Å². The minimum absolute atomic E-state index is 0.0326. The summed E-state index contributed by atoms with van der Waals surface area (Å²) in [5.41, 5.74) is 1.12. The van der Waals surface area contributed by atoms with E-state index in [2.05, 4.69) is 5.32 Å². The number of thioether (sulfide) groups is 1. The highest BCUT2D eigenvalue weighted by molar-refractivity contribution is 8.14. The molecular weight excluding hydrogens is 392 g/mol. The SMILES string of the molecule is CCOC(=O)c1c(NC(=O)CSC(C)=O)sc2c1CCN(C(=O)OCC)C2. The second-order valence-electron chi connectivity index (χ2n) is 5.63. The first-order valence-electron chi connectivity index (χ1n) is 8.53. The number of anilines is 1. The van der Waals surface area contributed by atoms with E-state index in [-0.39, 0.29) is 30.0 Å². The summed E-state index contributed by atoms with van der Waals surface area (Å²) in [6.07, 6.45) is 0.0642. The number of hydrogen-bond acceptors (Lipinski definition) is 8. The second-order valence-corrected chi connectivity index (χ2v) is 7.88. The molecule has 0 radical (unpaired) electrons. The lowest BCUT2D eigenvalue weighted by molar-refractivity contribution is -0.114. The van der Waals surface area contributed by atoms with Crippen molar-refractivity contribution in [2.75, 3.05) is 30.8 Å². The summed E-state index contributed by atoms with van der Waals surface area (Å²) < 4.78 is 10.2. The van der Waals surface area contributed by atoms with Gasteiger partial charge in [-0.2, -0.15) is 0 Å². The lowest BCUT2D eigenvalue weighted by Gasteiger charge is -2.26. The fraction of sp³-hybridized carbons (Fsp3) is 0.529. The molecule has 1 aliphatic heterocycles. The quantitative estimate of drug-likeness (QED) is 0.714. The monoisotopic (exact) mass is 414 g/mol. The van der Waals surface area contributed by atoms with Crippen molar-refractivity contribution < 1.29 is 28.7 Å². The number of amides is 2. The zero-order valence-corrected chi connectivity index (χ0v) is 17.1. The fourth-order valence-corrected chi connectivity index (χ4v) is 4.29. The van der Waals surface area contributed by atoms with Crippen LogP contribution in [0.4, 0.5) is 9.80 Å². The maximum Gasteiger partial charge on any atom is 0.410 e. The molecule has 0 bridgehead atoms. The van der Waals surface area contributed by atoms with Crippen LogP contribution in [-0.2, 0) is 32.0 Å². The minimum Gasteiger partial charge on any atom is -0.462 e. The van der Waals surface area contributed by atoms with Gasteiger partial charge in [-0.1, -0.05) is 11.8 Å². The third-order valence-electron chi connectivity index (χ3n) is 3.72. The summed E-state index contributed by atoms with van der Waals surface area (Å²) in [5.74, 6) is -0.912. The van der Waals surface area contributed by atoms with E-state index in [1.807, 2.05) is 0 Å². The van der Waals surface area contributed by atoms with Gasteiger partial charge in [-0.15, -0.1) is 11.3 Å². The number of thiophene rings is 1. The highest BCUT2D eigenvalue weighted by atomic mass is 32.2. The Morgan fingerprint density at radius 3 is 2.52 bits per heavy atom. The van der Waals surface area contributed by atoms with Crippen LogP contribution in [0.5, 0.6) is 0 Å². The van der Waals surface area contributed by atoms with Crippen molar-refractivity contribution in [2.24, 2.45) is 0 Å². The number of carbonyl (C=O) groups is 4.